The van der Waals surface area contributed by atoms with E-state index < -0.39 is 0 Å². The van der Waals surface area contributed by atoms with Crippen molar-refractivity contribution in [2.75, 3.05) is 5.73 Å². The van der Waals surface area contributed by atoms with E-state index in [4.69, 9.17) is 5.73 Å². The Morgan fingerprint density at radius 3 is 3.12 bits per heavy atom. The predicted octanol–water partition coefficient (Wildman–Crippen LogP) is 1.28. The van der Waals surface area contributed by atoms with Crippen LogP contribution in [0.2, 0.25) is 0 Å². The highest BCUT2D eigenvalue weighted by Gasteiger charge is 2.27. The van der Waals surface area contributed by atoms with Gasteiger partial charge in [-0.15, -0.1) is 5.10 Å². The Balaban J connectivity index is 1.71. The van der Waals surface area contributed by atoms with E-state index in [0.717, 1.165) is 16.5 Å². The van der Waals surface area contributed by atoms with Crippen LogP contribution in [0.15, 0.2) is 23.5 Å². The maximum atomic E-state index is 5.79. The molecule has 0 radical (unpaired) electrons. The Morgan fingerprint density at radius 1 is 1.47 bits per heavy atom. The van der Waals surface area contributed by atoms with Crippen molar-refractivity contribution in [2.45, 2.75) is 29.8 Å². The maximum absolute atomic E-state index is 5.79. The molecule has 0 unspecified atom stereocenters. The summed E-state index contributed by atoms with van der Waals surface area (Å²) >= 11 is 1.60. The van der Waals surface area contributed by atoms with E-state index in [-0.39, 0.29) is 0 Å². The highest BCUT2D eigenvalue weighted by Crippen LogP contribution is 2.37. The Morgan fingerprint density at radius 2 is 2.35 bits per heavy atom. The van der Waals surface area contributed by atoms with Crippen molar-refractivity contribution in [1.82, 2.24) is 25.2 Å². The molecular weight excluding hydrogens is 236 g/mol. The summed E-state index contributed by atoms with van der Waals surface area (Å²) in [5, 5.41) is 12.6. The molecule has 1 fully saturated rings. The summed E-state index contributed by atoms with van der Waals surface area (Å²) in [4.78, 5) is 4.05. The Labute approximate surface area is 103 Å². The number of aromatic nitrogens is 5. The fourth-order valence-electron chi connectivity index (χ4n) is 1.54. The van der Waals surface area contributed by atoms with Gasteiger partial charge in [0.25, 0.3) is 0 Å². The second-order valence-corrected chi connectivity index (χ2v) is 4.92. The number of nitrogens with zero attached hydrogens (tertiary/aromatic N) is 5. The molecule has 2 aromatic heterocycles. The topological polar surface area (TPSA) is 82.5 Å². The standard InChI is InChI=1S/C10H12N6S/c11-9-7(2-1-5-12-9)6-17-10-13-14-15-16(10)8-3-4-8/h1-2,5,8H,3-4,6H2,(H2,11,12). The van der Waals surface area contributed by atoms with E-state index in [9.17, 15) is 0 Å². The molecule has 2 heterocycles. The van der Waals surface area contributed by atoms with Crippen LogP contribution in [-0.4, -0.2) is 25.2 Å². The van der Waals surface area contributed by atoms with Gasteiger partial charge in [-0.3, -0.25) is 0 Å². The van der Waals surface area contributed by atoms with Crippen molar-refractivity contribution in [3.63, 3.8) is 0 Å². The zero-order valence-electron chi connectivity index (χ0n) is 9.15. The van der Waals surface area contributed by atoms with Gasteiger partial charge < -0.3 is 5.73 Å². The summed E-state index contributed by atoms with van der Waals surface area (Å²) in [6, 6.07) is 4.36. The minimum absolute atomic E-state index is 0.499. The van der Waals surface area contributed by atoms with Crippen molar-refractivity contribution >= 4 is 17.6 Å². The van der Waals surface area contributed by atoms with Crippen LogP contribution in [-0.2, 0) is 5.75 Å². The molecular formula is C10H12N6S. The molecule has 0 bridgehead atoms. The molecule has 7 heteroatoms. The smallest absolute Gasteiger partial charge is 0.209 e. The van der Waals surface area contributed by atoms with Gasteiger partial charge in [0, 0.05) is 17.5 Å². The Hall–Kier alpha value is -1.63. The van der Waals surface area contributed by atoms with Crippen LogP contribution in [0.1, 0.15) is 24.4 Å². The molecule has 1 aliphatic carbocycles. The van der Waals surface area contributed by atoms with Gasteiger partial charge in [0.05, 0.1) is 6.04 Å². The van der Waals surface area contributed by atoms with E-state index in [1.807, 2.05) is 16.8 Å². The van der Waals surface area contributed by atoms with E-state index in [0.29, 0.717) is 11.9 Å². The number of rotatable bonds is 4. The molecule has 1 aliphatic rings. The van der Waals surface area contributed by atoms with E-state index >= 15 is 0 Å². The summed E-state index contributed by atoms with van der Waals surface area (Å²) in [5.74, 6) is 1.32. The number of hydrogen-bond acceptors (Lipinski definition) is 6. The number of nitrogen functional groups attached to an aromatic ring is 1. The van der Waals surface area contributed by atoms with Gasteiger partial charge in [-0.2, -0.15) is 0 Å². The lowest BCUT2D eigenvalue weighted by molar-refractivity contribution is 0.565. The van der Waals surface area contributed by atoms with Gasteiger partial charge in [0.15, 0.2) is 0 Å². The lowest BCUT2D eigenvalue weighted by Gasteiger charge is -2.04. The van der Waals surface area contributed by atoms with Crippen LogP contribution in [0.5, 0.6) is 0 Å². The quantitative estimate of drug-likeness (QED) is 0.821. The van der Waals surface area contributed by atoms with Gasteiger partial charge in [0.2, 0.25) is 5.16 Å². The molecule has 0 atom stereocenters. The zero-order chi connectivity index (χ0) is 11.7. The van der Waals surface area contributed by atoms with Crippen LogP contribution < -0.4 is 5.73 Å². The van der Waals surface area contributed by atoms with Crippen molar-refractivity contribution in [3.05, 3.63) is 23.9 Å². The molecule has 0 amide bonds. The van der Waals surface area contributed by atoms with Gasteiger partial charge in [0.1, 0.15) is 5.82 Å². The van der Waals surface area contributed by atoms with Gasteiger partial charge in [-0.1, -0.05) is 17.8 Å². The number of anilines is 1. The van der Waals surface area contributed by atoms with Gasteiger partial charge >= 0.3 is 0 Å². The molecule has 6 nitrogen and oxygen atoms in total. The Kier molecular flexibility index (Phi) is 2.68. The van der Waals surface area contributed by atoms with Gasteiger partial charge in [-0.05, 0) is 29.3 Å². The SMILES string of the molecule is Nc1ncccc1CSc1nnnn1C1CC1. The predicted molar refractivity (Wildman–Crippen MR) is 64.3 cm³/mol. The summed E-state index contributed by atoms with van der Waals surface area (Å²) < 4.78 is 1.90. The molecule has 1 saturated carbocycles. The first-order valence-corrected chi connectivity index (χ1v) is 6.43. The lowest BCUT2D eigenvalue weighted by atomic mass is 10.3. The highest BCUT2D eigenvalue weighted by atomic mass is 32.2. The maximum Gasteiger partial charge on any atom is 0.209 e. The van der Waals surface area contributed by atoms with Crippen LogP contribution in [0, 0.1) is 0 Å². The first-order chi connectivity index (χ1) is 8.34. The monoisotopic (exact) mass is 248 g/mol. The molecule has 0 aromatic carbocycles. The first-order valence-electron chi connectivity index (χ1n) is 5.44. The fourth-order valence-corrected chi connectivity index (χ4v) is 2.48. The number of pyridine rings is 1. The molecule has 2 aromatic rings. The Bertz CT molecular complexity index is 521. The van der Waals surface area contributed by atoms with E-state index in [1.54, 1.807) is 18.0 Å². The third-order valence-corrected chi connectivity index (χ3v) is 3.62. The summed E-state index contributed by atoms with van der Waals surface area (Å²) in [6.07, 6.45) is 4.04. The second-order valence-electron chi connectivity index (χ2n) is 3.97. The minimum atomic E-state index is 0.499. The van der Waals surface area contributed by atoms with Crippen molar-refractivity contribution < 1.29 is 0 Å². The third-order valence-electron chi connectivity index (χ3n) is 2.64. The number of tetrazole rings is 1. The molecule has 2 N–H and O–H groups in total. The molecule has 0 spiro atoms. The largest absolute Gasteiger partial charge is 0.383 e. The van der Waals surface area contributed by atoms with E-state index in [1.165, 1.54) is 12.8 Å². The van der Waals surface area contributed by atoms with E-state index in [2.05, 4.69) is 20.5 Å². The summed E-state index contributed by atoms with van der Waals surface area (Å²) in [7, 11) is 0. The molecule has 0 saturated heterocycles. The van der Waals surface area contributed by atoms with Crippen molar-refractivity contribution in [3.8, 4) is 0 Å². The molecule has 0 aliphatic heterocycles. The van der Waals surface area contributed by atoms with Gasteiger partial charge in [-0.25, -0.2) is 9.67 Å². The molecule has 88 valence electrons. The average molecular weight is 248 g/mol. The second kappa shape index (κ2) is 4.33. The fraction of sp³-hybridized carbons (Fsp3) is 0.400. The van der Waals surface area contributed by atoms with Crippen LogP contribution in [0.3, 0.4) is 0 Å². The minimum Gasteiger partial charge on any atom is -0.383 e. The number of nitrogens with two attached hydrogens (primary N) is 1. The highest BCUT2D eigenvalue weighted by molar-refractivity contribution is 7.98. The normalized spacial score (nSPS) is 15.1. The van der Waals surface area contributed by atoms with Crippen molar-refractivity contribution in [2.24, 2.45) is 0 Å². The van der Waals surface area contributed by atoms with Crippen molar-refractivity contribution in [1.29, 1.82) is 0 Å². The average Bonchev–Trinajstić information content (AvgIpc) is 3.08. The van der Waals surface area contributed by atoms with Crippen LogP contribution in [0.25, 0.3) is 0 Å². The van der Waals surface area contributed by atoms with Crippen LogP contribution in [0.4, 0.5) is 5.82 Å². The third kappa shape index (κ3) is 2.23. The summed E-state index contributed by atoms with van der Waals surface area (Å²) in [5.41, 5.74) is 6.80. The molecule has 3 rings (SSSR count). The number of hydrogen-bond donors (Lipinski definition) is 1. The number of thioether (sulfide) groups is 1. The molecule has 17 heavy (non-hydrogen) atoms. The zero-order valence-corrected chi connectivity index (χ0v) is 9.97. The van der Waals surface area contributed by atoms with Crippen LogP contribution >= 0.6 is 11.8 Å². The summed E-state index contributed by atoms with van der Waals surface area (Å²) in [6.45, 7) is 0. The lowest BCUT2D eigenvalue weighted by Crippen LogP contribution is -2.00. The first kappa shape index (κ1) is 10.5.